The standard InChI is InChI=1S/C5H9BrO3/c1-3-5(2,6)4(7)9-8/h8H,3H2,1-2H3. The molecule has 3 nitrogen and oxygen atoms in total. The molecule has 1 N–H and O–H groups in total. The van der Waals surface area contributed by atoms with Gasteiger partial charge < -0.3 is 0 Å². The maximum absolute atomic E-state index is 10.5. The van der Waals surface area contributed by atoms with Gasteiger partial charge in [-0.05, 0) is 13.3 Å². The molecule has 0 amide bonds. The average molecular weight is 197 g/mol. The van der Waals surface area contributed by atoms with Crippen LogP contribution in [0.25, 0.3) is 0 Å². The van der Waals surface area contributed by atoms with Gasteiger partial charge in [0.15, 0.2) is 0 Å². The van der Waals surface area contributed by atoms with E-state index in [-0.39, 0.29) is 0 Å². The first kappa shape index (κ1) is 8.91. The number of carbonyl (C=O) groups excluding carboxylic acids is 1. The van der Waals surface area contributed by atoms with Crippen LogP contribution in [0.2, 0.25) is 0 Å². The van der Waals surface area contributed by atoms with Gasteiger partial charge in [0.2, 0.25) is 0 Å². The summed E-state index contributed by atoms with van der Waals surface area (Å²) < 4.78 is -0.748. The Bertz CT molecular complexity index is 111. The third kappa shape index (κ3) is 2.32. The molecule has 0 fully saturated rings. The second kappa shape index (κ2) is 3.17. The summed E-state index contributed by atoms with van der Waals surface area (Å²) in [7, 11) is 0. The zero-order chi connectivity index (χ0) is 7.49. The highest BCUT2D eigenvalue weighted by Gasteiger charge is 2.29. The van der Waals surface area contributed by atoms with Crippen LogP contribution in [0.5, 0.6) is 0 Å². The van der Waals surface area contributed by atoms with Crippen molar-refractivity contribution in [1.29, 1.82) is 0 Å². The Balaban J connectivity index is 3.97. The molecular weight excluding hydrogens is 188 g/mol. The molecule has 0 bridgehead atoms. The Morgan fingerprint density at radius 3 is 2.44 bits per heavy atom. The summed E-state index contributed by atoms with van der Waals surface area (Å²) in [6, 6.07) is 0. The van der Waals surface area contributed by atoms with Gasteiger partial charge in [0.25, 0.3) is 0 Å². The number of hydrogen-bond donors (Lipinski definition) is 1. The van der Waals surface area contributed by atoms with Gasteiger partial charge in [-0.15, -0.1) is 0 Å². The summed E-state index contributed by atoms with van der Waals surface area (Å²) in [5.74, 6) is -0.662. The minimum atomic E-state index is -0.748. The van der Waals surface area contributed by atoms with Gasteiger partial charge in [-0.2, -0.15) is 5.26 Å². The number of hydrogen-bond acceptors (Lipinski definition) is 3. The first-order valence-electron chi connectivity index (χ1n) is 2.59. The zero-order valence-corrected chi connectivity index (χ0v) is 6.93. The molecular formula is C5H9BrO3. The highest BCUT2D eigenvalue weighted by Crippen LogP contribution is 2.22. The van der Waals surface area contributed by atoms with E-state index in [2.05, 4.69) is 20.8 Å². The summed E-state index contributed by atoms with van der Waals surface area (Å²) in [6.07, 6.45) is 0.576. The van der Waals surface area contributed by atoms with Crippen molar-refractivity contribution >= 4 is 21.9 Å². The highest BCUT2D eigenvalue weighted by molar-refractivity contribution is 9.10. The molecule has 0 spiro atoms. The maximum atomic E-state index is 10.5. The van der Waals surface area contributed by atoms with Crippen LogP contribution in [0.1, 0.15) is 20.3 Å². The molecule has 0 heterocycles. The minimum absolute atomic E-state index is 0.576. The molecule has 1 atom stereocenters. The van der Waals surface area contributed by atoms with Gasteiger partial charge >= 0.3 is 5.97 Å². The predicted octanol–water partition coefficient (Wildman–Crippen LogP) is 1.57. The lowest BCUT2D eigenvalue weighted by Crippen LogP contribution is -2.28. The third-order valence-corrected chi connectivity index (χ3v) is 2.06. The van der Waals surface area contributed by atoms with Gasteiger partial charge in [-0.3, -0.25) is 4.89 Å². The van der Waals surface area contributed by atoms with Gasteiger partial charge in [-0.25, -0.2) is 4.79 Å². The fourth-order valence-corrected chi connectivity index (χ4v) is 0.312. The maximum Gasteiger partial charge on any atom is 0.358 e. The highest BCUT2D eigenvalue weighted by atomic mass is 79.9. The average Bonchev–Trinajstić information content (AvgIpc) is 1.86. The smallest absolute Gasteiger partial charge is 0.299 e. The molecule has 0 aromatic carbocycles. The van der Waals surface area contributed by atoms with Crippen LogP contribution in [0.15, 0.2) is 0 Å². The van der Waals surface area contributed by atoms with Gasteiger partial charge in [-0.1, -0.05) is 22.9 Å². The summed E-state index contributed by atoms with van der Waals surface area (Å²) in [5, 5.41) is 7.92. The Kier molecular flexibility index (Phi) is 3.14. The van der Waals surface area contributed by atoms with Crippen molar-refractivity contribution in [1.82, 2.24) is 0 Å². The minimum Gasteiger partial charge on any atom is -0.299 e. The van der Waals surface area contributed by atoms with Crippen molar-refractivity contribution in [2.75, 3.05) is 0 Å². The molecule has 54 valence electrons. The Morgan fingerprint density at radius 1 is 1.89 bits per heavy atom. The molecule has 0 aromatic rings. The molecule has 0 saturated carbocycles. The molecule has 0 aliphatic heterocycles. The van der Waals surface area contributed by atoms with Gasteiger partial charge in [0, 0.05) is 0 Å². The van der Waals surface area contributed by atoms with E-state index in [9.17, 15) is 4.79 Å². The van der Waals surface area contributed by atoms with Crippen LogP contribution >= 0.6 is 15.9 Å². The van der Waals surface area contributed by atoms with Crippen molar-refractivity contribution in [3.05, 3.63) is 0 Å². The molecule has 0 aliphatic carbocycles. The number of halogens is 1. The second-order valence-corrected chi connectivity index (χ2v) is 3.68. The van der Waals surface area contributed by atoms with E-state index in [1.165, 1.54) is 0 Å². The van der Waals surface area contributed by atoms with E-state index in [0.29, 0.717) is 6.42 Å². The van der Waals surface area contributed by atoms with E-state index in [0.717, 1.165) is 0 Å². The van der Waals surface area contributed by atoms with Gasteiger partial charge in [0.1, 0.15) is 4.32 Å². The Labute approximate surface area is 62.1 Å². The SMILES string of the molecule is CCC(C)(Br)C(=O)OO. The fraction of sp³-hybridized carbons (Fsp3) is 0.800. The number of rotatable bonds is 2. The van der Waals surface area contributed by atoms with Gasteiger partial charge in [0.05, 0.1) is 0 Å². The predicted molar refractivity (Wildman–Crippen MR) is 36.3 cm³/mol. The lowest BCUT2D eigenvalue weighted by atomic mass is 10.1. The molecule has 0 rings (SSSR count). The van der Waals surface area contributed by atoms with E-state index in [4.69, 9.17) is 5.26 Å². The van der Waals surface area contributed by atoms with Crippen LogP contribution < -0.4 is 0 Å². The fourth-order valence-electron chi connectivity index (χ4n) is 0.240. The number of carbonyl (C=O) groups is 1. The van der Waals surface area contributed by atoms with Crippen LogP contribution in [-0.4, -0.2) is 15.6 Å². The summed E-state index contributed by atoms with van der Waals surface area (Å²) in [4.78, 5) is 14.1. The lowest BCUT2D eigenvalue weighted by molar-refractivity contribution is -0.236. The van der Waals surface area contributed by atoms with Crippen molar-refractivity contribution < 1.29 is 14.9 Å². The second-order valence-electron chi connectivity index (χ2n) is 1.93. The van der Waals surface area contributed by atoms with E-state index < -0.39 is 10.3 Å². The molecule has 0 saturated heterocycles. The molecule has 0 aliphatic rings. The molecule has 9 heavy (non-hydrogen) atoms. The van der Waals surface area contributed by atoms with Crippen molar-refractivity contribution in [2.24, 2.45) is 0 Å². The Morgan fingerprint density at radius 2 is 2.33 bits per heavy atom. The van der Waals surface area contributed by atoms with Crippen molar-refractivity contribution in [3.8, 4) is 0 Å². The lowest BCUT2D eigenvalue weighted by Gasteiger charge is -2.13. The summed E-state index contributed by atoms with van der Waals surface area (Å²) in [5.41, 5.74) is 0. The van der Waals surface area contributed by atoms with Crippen molar-refractivity contribution in [2.45, 2.75) is 24.6 Å². The van der Waals surface area contributed by atoms with Crippen molar-refractivity contribution in [3.63, 3.8) is 0 Å². The quantitative estimate of drug-likeness (QED) is 0.415. The van der Waals surface area contributed by atoms with E-state index >= 15 is 0 Å². The summed E-state index contributed by atoms with van der Waals surface area (Å²) in [6.45, 7) is 3.44. The molecule has 0 aromatic heterocycles. The monoisotopic (exact) mass is 196 g/mol. The molecule has 1 unspecified atom stereocenters. The number of alkyl halides is 1. The van der Waals surface area contributed by atoms with E-state index in [1.807, 2.05) is 6.92 Å². The largest absolute Gasteiger partial charge is 0.358 e. The van der Waals surface area contributed by atoms with Crippen LogP contribution in [0.4, 0.5) is 0 Å². The van der Waals surface area contributed by atoms with Crippen LogP contribution in [0, 0.1) is 0 Å². The molecule has 0 radical (unpaired) electrons. The molecule has 4 heteroatoms. The third-order valence-electron chi connectivity index (χ3n) is 1.17. The topological polar surface area (TPSA) is 46.5 Å². The summed E-state index contributed by atoms with van der Waals surface area (Å²) >= 11 is 3.07. The first-order chi connectivity index (χ1) is 4.04. The normalized spacial score (nSPS) is 16.4. The van der Waals surface area contributed by atoms with E-state index in [1.54, 1.807) is 6.92 Å². The first-order valence-corrected chi connectivity index (χ1v) is 3.38. The zero-order valence-electron chi connectivity index (χ0n) is 5.35. The Hall–Kier alpha value is -0.0900. The van der Waals surface area contributed by atoms with Crippen LogP contribution in [0.3, 0.4) is 0 Å². The van der Waals surface area contributed by atoms with Crippen LogP contribution in [-0.2, 0) is 9.68 Å².